The van der Waals surface area contributed by atoms with Crippen LogP contribution in [0.15, 0.2) is 0 Å². The van der Waals surface area contributed by atoms with E-state index in [1.165, 1.54) is 77.3 Å². The molecule has 2 fully saturated rings. The van der Waals surface area contributed by atoms with Crippen LogP contribution in [0.3, 0.4) is 0 Å². The Morgan fingerprint density at radius 2 is 1.81 bits per heavy atom. The molecule has 0 unspecified atom stereocenters. The van der Waals surface area contributed by atoms with Crippen LogP contribution in [0.2, 0.25) is 0 Å². The van der Waals surface area contributed by atoms with E-state index in [-0.39, 0.29) is 0 Å². The lowest BCUT2D eigenvalue weighted by molar-refractivity contribution is 0.0708. The maximum absolute atomic E-state index is 9.48. The topological polar surface area (TPSA) is 35.5 Å². The van der Waals surface area contributed by atoms with E-state index in [9.17, 15) is 5.11 Å². The van der Waals surface area contributed by atoms with Crippen molar-refractivity contribution >= 4 is 0 Å². The van der Waals surface area contributed by atoms with Gasteiger partial charge < -0.3 is 10.4 Å². The SMILES string of the molecule is CCCNCC1(CN(CCO)C2CCCCC2)CCCC1. The fourth-order valence-electron chi connectivity index (χ4n) is 4.44. The van der Waals surface area contributed by atoms with Gasteiger partial charge in [-0.15, -0.1) is 0 Å². The maximum atomic E-state index is 9.48. The summed E-state index contributed by atoms with van der Waals surface area (Å²) < 4.78 is 0. The summed E-state index contributed by atoms with van der Waals surface area (Å²) in [5, 5.41) is 13.2. The quantitative estimate of drug-likeness (QED) is 0.642. The van der Waals surface area contributed by atoms with Crippen molar-refractivity contribution in [2.75, 3.05) is 32.8 Å². The van der Waals surface area contributed by atoms with Crippen molar-refractivity contribution in [3.05, 3.63) is 0 Å². The van der Waals surface area contributed by atoms with Crippen molar-refractivity contribution in [3.63, 3.8) is 0 Å². The van der Waals surface area contributed by atoms with Crippen molar-refractivity contribution in [3.8, 4) is 0 Å². The average molecular weight is 296 g/mol. The number of aliphatic hydroxyl groups excluding tert-OH is 1. The van der Waals surface area contributed by atoms with E-state index in [4.69, 9.17) is 0 Å². The third-order valence-corrected chi connectivity index (χ3v) is 5.61. The summed E-state index contributed by atoms with van der Waals surface area (Å²) in [6, 6.07) is 0.731. The van der Waals surface area contributed by atoms with Gasteiger partial charge in [-0.1, -0.05) is 39.0 Å². The number of hydrogen-bond donors (Lipinski definition) is 2. The van der Waals surface area contributed by atoms with Crippen LogP contribution in [0.5, 0.6) is 0 Å². The van der Waals surface area contributed by atoms with Gasteiger partial charge in [0.1, 0.15) is 0 Å². The Morgan fingerprint density at radius 3 is 2.43 bits per heavy atom. The highest BCUT2D eigenvalue weighted by molar-refractivity contribution is 4.91. The van der Waals surface area contributed by atoms with E-state index in [2.05, 4.69) is 17.1 Å². The highest BCUT2D eigenvalue weighted by Crippen LogP contribution is 2.39. The summed E-state index contributed by atoms with van der Waals surface area (Å²) in [5.74, 6) is 0. The molecule has 0 atom stereocenters. The van der Waals surface area contributed by atoms with Gasteiger partial charge in [-0.2, -0.15) is 0 Å². The largest absolute Gasteiger partial charge is 0.395 e. The van der Waals surface area contributed by atoms with E-state index in [0.717, 1.165) is 19.1 Å². The van der Waals surface area contributed by atoms with Crippen LogP contribution in [0.1, 0.15) is 71.1 Å². The molecule has 0 aromatic carbocycles. The van der Waals surface area contributed by atoms with E-state index in [1.807, 2.05) is 0 Å². The Hall–Kier alpha value is -0.120. The Bertz CT molecular complexity index is 270. The van der Waals surface area contributed by atoms with Gasteiger partial charge in [-0.05, 0) is 44.1 Å². The summed E-state index contributed by atoms with van der Waals surface area (Å²) in [4.78, 5) is 2.64. The van der Waals surface area contributed by atoms with Crippen molar-refractivity contribution in [2.45, 2.75) is 77.2 Å². The lowest BCUT2D eigenvalue weighted by Gasteiger charge is -2.41. The number of aliphatic hydroxyl groups is 1. The Labute approximate surface area is 131 Å². The fourth-order valence-corrected chi connectivity index (χ4v) is 4.44. The molecule has 2 aliphatic carbocycles. The van der Waals surface area contributed by atoms with Crippen LogP contribution in [0.25, 0.3) is 0 Å². The first-order valence-corrected chi connectivity index (χ1v) is 9.35. The molecule has 2 rings (SSSR count). The average Bonchev–Trinajstić information content (AvgIpc) is 2.97. The van der Waals surface area contributed by atoms with Crippen LogP contribution in [0.4, 0.5) is 0 Å². The van der Waals surface area contributed by atoms with Gasteiger partial charge in [0, 0.05) is 25.7 Å². The van der Waals surface area contributed by atoms with Gasteiger partial charge in [0.15, 0.2) is 0 Å². The predicted octanol–water partition coefficient (Wildman–Crippen LogP) is 3.17. The minimum Gasteiger partial charge on any atom is -0.395 e. The van der Waals surface area contributed by atoms with E-state index in [0.29, 0.717) is 12.0 Å². The van der Waals surface area contributed by atoms with Crippen molar-refractivity contribution < 1.29 is 5.11 Å². The molecule has 3 heteroatoms. The second-order valence-corrected chi connectivity index (χ2v) is 7.37. The third kappa shape index (κ3) is 5.22. The molecule has 0 radical (unpaired) electrons. The predicted molar refractivity (Wildman–Crippen MR) is 89.6 cm³/mol. The van der Waals surface area contributed by atoms with Crippen LogP contribution >= 0.6 is 0 Å². The van der Waals surface area contributed by atoms with Crippen molar-refractivity contribution in [2.24, 2.45) is 5.41 Å². The van der Waals surface area contributed by atoms with Crippen molar-refractivity contribution in [1.82, 2.24) is 10.2 Å². The molecule has 21 heavy (non-hydrogen) atoms. The van der Waals surface area contributed by atoms with Gasteiger partial charge in [0.05, 0.1) is 6.61 Å². The van der Waals surface area contributed by atoms with Gasteiger partial charge in [0.2, 0.25) is 0 Å². The normalized spacial score (nSPS) is 23.0. The first-order valence-electron chi connectivity index (χ1n) is 9.35. The standard InChI is InChI=1S/C18H36N2O/c1-2-12-19-15-18(10-6-7-11-18)16-20(13-14-21)17-8-4-3-5-9-17/h17,19,21H,2-16H2,1H3. The second kappa shape index (κ2) is 9.12. The molecular formula is C18H36N2O. The smallest absolute Gasteiger partial charge is 0.0558 e. The molecule has 0 saturated heterocycles. The molecular weight excluding hydrogens is 260 g/mol. The third-order valence-electron chi connectivity index (χ3n) is 5.61. The molecule has 124 valence electrons. The second-order valence-electron chi connectivity index (χ2n) is 7.37. The van der Waals surface area contributed by atoms with Gasteiger partial charge in [-0.25, -0.2) is 0 Å². The first kappa shape index (κ1) is 17.2. The molecule has 0 aromatic rings. The number of nitrogens with zero attached hydrogens (tertiary/aromatic N) is 1. The van der Waals surface area contributed by atoms with Gasteiger partial charge in [-0.3, -0.25) is 4.90 Å². The minimum atomic E-state index is 0.314. The Morgan fingerprint density at radius 1 is 1.10 bits per heavy atom. The van der Waals surface area contributed by atoms with Crippen LogP contribution in [-0.2, 0) is 0 Å². The zero-order valence-electron chi connectivity index (χ0n) is 14.1. The number of nitrogens with one attached hydrogen (secondary N) is 1. The van der Waals surface area contributed by atoms with Gasteiger partial charge >= 0.3 is 0 Å². The zero-order valence-corrected chi connectivity index (χ0v) is 14.1. The van der Waals surface area contributed by atoms with Crippen LogP contribution in [-0.4, -0.2) is 48.8 Å². The zero-order chi connectivity index (χ0) is 15.0. The molecule has 0 spiro atoms. The summed E-state index contributed by atoms with van der Waals surface area (Å²) in [6.45, 7) is 6.96. The molecule has 2 aliphatic rings. The maximum Gasteiger partial charge on any atom is 0.0558 e. The lowest BCUT2D eigenvalue weighted by Crippen LogP contribution is -2.48. The monoisotopic (exact) mass is 296 g/mol. The summed E-state index contributed by atoms with van der Waals surface area (Å²) in [7, 11) is 0. The molecule has 2 N–H and O–H groups in total. The van der Waals surface area contributed by atoms with E-state index >= 15 is 0 Å². The highest BCUT2D eigenvalue weighted by atomic mass is 16.3. The molecule has 0 aliphatic heterocycles. The number of hydrogen-bond acceptors (Lipinski definition) is 3. The van der Waals surface area contributed by atoms with E-state index < -0.39 is 0 Å². The highest BCUT2D eigenvalue weighted by Gasteiger charge is 2.36. The van der Waals surface area contributed by atoms with Crippen molar-refractivity contribution in [1.29, 1.82) is 0 Å². The summed E-state index contributed by atoms with van der Waals surface area (Å²) in [5.41, 5.74) is 0.474. The van der Waals surface area contributed by atoms with Crippen LogP contribution in [0, 0.1) is 5.41 Å². The molecule has 2 saturated carbocycles. The Balaban J connectivity index is 1.93. The lowest BCUT2D eigenvalue weighted by atomic mass is 9.83. The first-order chi connectivity index (χ1) is 10.3. The van der Waals surface area contributed by atoms with Gasteiger partial charge in [0.25, 0.3) is 0 Å². The van der Waals surface area contributed by atoms with Crippen LogP contribution < -0.4 is 5.32 Å². The molecule has 0 heterocycles. The molecule has 0 aromatic heterocycles. The Kier molecular flexibility index (Phi) is 7.48. The number of rotatable bonds is 9. The summed E-state index contributed by atoms with van der Waals surface area (Å²) >= 11 is 0. The minimum absolute atomic E-state index is 0.314. The van der Waals surface area contributed by atoms with E-state index in [1.54, 1.807) is 0 Å². The summed E-state index contributed by atoms with van der Waals surface area (Å²) in [6.07, 6.45) is 13.6. The molecule has 0 amide bonds. The molecule has 3 nitrogen and oxygen atoms in total. The fraction of sp³-hybridized carbons (Fsp3) is 1.00. The molecule has 0 bridgehead atoms.